The Morgan fingerprint density at radius 2 is 1.72 bits per heavy atom. The first-order chi connectivity index (χ1) is 11.9. The molecule has 7 nitrogen and oxygen atoms in total. The third kappa shape index (κ3) is 3.92. The van der Waals surface area contributed by atoms with Crippen LogP contribution < -0.4 is 0 Å². The molecular formula is C17H14N2O5S. The standard InChI is InChI=1S/C17H14N2O5S/c1-25(21,22)14-10-6-5-9-13(14)17(20)23-11-15-18-19-16(24-15)12-7-3-2-4-8-12/h2-10H,11H2,1H3. The summed E-state index contributed by atoms with van der Waals surface area (Å²) in [5, 5.41) is 7.71. The molecule has 3 rings (SSSR count). The van der Waals surface area contributed by atoms with Crippen molar-refractivity contribution in [1.29, 1.82) is 0 Å². The summed E-state index contributed by atoms with van der Waals surface area (Å²) in [5.74, 6) is -0.354. The van der Waals surface area contributed by atoms with E-state index in [-0.39, 0.29) is 23.0 Å². The molecule has 25 heavy (non-hydrogen) atoms. The average Bonchev–Trinajstić information content (AvgIpc) is 3.09. The van der Waals surface area contributed by atoms with E-state index in [1.165, 1.54) is 18.2 Å². The fraction of sp³-hybridized carbons (Fsp3) is 0.118. The molecule has 0 aliphatic rings. The SMILES string of the molecule is CS(=O)(=O)c1ccccc1C(=O)OCc1nnc(-c2ccccc2)o1. The lowest BCUT2D eigenvalue weighted by Gasteiger charge is -2.06. The summed E-state index contributed by atoms with van der Waals surface area (Å²) in [6.45, 7) is -0.253. The van der Waals surface area contributed by atoms with Gasteiger partial charge >= 0.3 is 5.97 Å². The summed E-state index contributed by atoms with van der Waals surface area (Å²) in [5.41, 5.74) is 0.711. The van der Waals surface area contributed by atoms with Crippen LogP contribution >= 0.6 is 0 Å². The van der Waals surface area contributed by atoms with Crippen LogP contribution in [0.1, 0.15) is 16.2 Å². The Bertz CT molecular complexity index is 997. The highest BCUT2D eigenvalue weighted by atomic mass is 32.2. The molecule has 0 saturated carbocycles. The van der Waals surface area contributed by atoms with E-state index in [1.807, 2.05) is 30.3 Å². The zero-order valence-corrected chi connectivity index (χ0v) is 14.1. The van der Waals surface area contributed by atoms with E-state index in [4.69, 9.17) is 9.15 Å². The molecule has 1 heterocycles. The van der Waals surface area contributed by atoms with Gasteiger partial charge in [0.05, 0.1) is 10.5 Å². The van der Waals surface area contributed by atoms with Gasteiger partial charge in [-0.25, -0.2) is 13.2 Å². The zero-order valence-electron chi connectivity index (χ0n) is 13.2. The number of rotatable bonds is 5. The summed E-state index contributed by atoms with van der Waals surface area (Å²) in [4.78, 5) is 12.1. The number of carbonyl (C=O) groups is 1. The number of nitrogens with zero attached hydrogens (tertiary/aromatic N) is 2. The highest BCUT2D eigenvalue weighted by Gasteiger charge is 2.20. The van der Waals surface area contributed by atoms with Gasteiger partial charge in [-0.3, -0.25) is 0 Å². The average molecular weight is 358 g/mol. The molecule has 0 radical (unpaired) electrons. The highest BCUT2D eigenvalue weighted by Crippen LogP contribution is 2.19. The van der Waals surface area contributed by atoms with Crippen molar-refractivity contribution >= 4 is 15.8 Å². The Labute approximate surface area is 144 Å². The number of benzene rings is 2. The van der Waals surface area contributed by atoms with Gasteiger partial charge in [0.1, 0.15) is 0 Å². The van der Waals surface area contributed by atoms with Gasteiger partial charge in [-0.15, -0.1) is 10.2 Å². The monoisotopic (exact) mass is 358 g/mol. The quantitative estimate of drug-likeness (QED) is 0.646. The number of ether oxygens (including phenoxy) is 1. The van der Waals surface area contributed by atoms with E-state index in [0.717, 1.165) is 11.8 Å². The summed E-state index contributed by atoms with van der Waals surface area (Å²) in [6.07, 6.45) is 1.03. The van der Waals surface area contributed by atoms with Crippen LogP contribution in [0, 0.1) is 0 Å². The summed E-state index contributed by atoms with van der Waals surface area (Å²) >= 11 is 0. The largest absolute Gasteiger partial charge is 0.452 e. The van der Waals surface area contributed by atoms with Crippen LogP contribution in [-0.4, -0.2) is 30.8 Å². The maximum absolute atomic E-state index is 12.2. The van der Waals surface area contributed by atoms with Crippen LogP contribution in [0.4, 0.5) is 0 Å². The molecule has 0 aliphatic heterocycles. The van der Waals surface area contributed by atoms with Gasteiger partial charge in [-0.1, -0.05) is 30.3 Å². The minimum atomic E-state index is -3.55. The second kappa shape index (κ2) is 6.86. The molecule has 3 aromatic rings. The normalized spacial score (nSPS) is 11.2. The molecule has 0 saturated heterocycles. The van der Waals surface area contributed by atoms with Gasteiger partial charge in [0, 0.05) is 11.8 Å². The van der Waals surface area contributed by atoms with Crippen LogP contribution in [0.3, 0.4) is 0 Å². The zero-order chi connectivity index (χ0) is 17.9. The Hall–Kier alpha value is -3.00. The third-order valence-electron chi connectivity index (χ3n) is 3.32. The van der Waals surface area contributed by atoms with Crippen molar-refractivity contribution < 1.29 is 22.4 Å². The number of hydrogen-bond donors (Lipinski definition) is 0. The van der Waals surface area contributed by atoms with E-state index in [2.05, 4.69) is 10.2 Å². The predicted molar refractivity (Wildman–Crippen MR) is 88.4 cm³/mol. The molecule has 0 unspecified atom stereocenters. The summed E-state index contributed by atoms with van der Waals surface area (Å²) < 4.78 is 34.0. The first-order valence-electron chi connectivity index (χ1n) is 7.29. The topological polar surface area (TPSA) is 99.4 Å². The minimum absolute atomic E-state index is 0.0344. The van der Waals surface area contributed by atoms with Crippen LogP contribution in [0.2, 0.25) is 0 Å². The molecule has 0 N–H and O–H groups in total. The highest BCUT2D eigenvalue weighted by molar-refractivity contribution is 7.90. The molecule has 0 amide bonds. The lowest BCUT2D eigenvalue weighted by atomic mass is 10.2. The van der Waals surface area contributed by atoms with Gasteiger partial charge in [-0.05, 0) is 24.3 Å². The molecule has 0 aliphatic carbocycles. The Morgan fingerprint density at radius 3 is 2.44 bits per heavy atom. The molecule has 0 bridgehead atoms. The number of esters is 1. The maximum atomic E-state index is 12.2. The number of hydrogen-bond acceptors (Lipinski definition) is 7. The van der Waals surface area contributed by atoms with Gasteiger partial charge in [0.15, 0.2) is 16.4 Å². The fourth-order valence-electron chi connectivity index (χ4n) is 2.17. The number of carbonyl (C=O) groups excluding carboxylic acids is 1. The van der Waals surface area contributed by atoms with E-state index >= 15 is 0 Å². The molecular weight excluding hydrogens is 344 g/mol. The lowest BCUT2D eigenvalue weighted by molar-refractivity contribution is 0.0434. The first kappa shape index (κ1) is 16.8. The molecule has 1 aromatic heterocycles. The second-order valence-corrected chi connectivity index (χ2v) is 7.20. The molecule has 128 valence electrons. The smallest absolute Gasteiger partial charge is 0.339 e. The maximum Gasteiger partial charge on any atom is 0.339 e. The van der Waals surface area contributed by atoms with Crippen LogP contribution in [0.15, 0.2) is 63.9 Å². The Kier molecular flexibility index (Phi) is 4.62. The van der Waals surface area contributed by atoms with Gasteiger partial charge < -0.3 is 9.15 Å². The van der Waals surface area contributed by atoms with Crippen molar-refractivity contribution in [3.8, 4) is 11.5 Å². The summed E-state index contributed by atoms with van der Waals surface area (Å²) in [6, 6.07) is 15.0. The number of aromatic nitrogens is 2. The Morgan fingerprint density at radius 1 is 1.04 bits per heavy atom. The third-order valence-corrected chi connectivity index (χ3v) is 4.48. The van der Waals surface area contributed by atoms with Crippen molar-refractivity contribution in [3.63, 3.8) is 0 Å². The minimum Gasteiger partial charge on any atom is -0.452 e. The van der Waals surface area contributed by atoms with Crippen molar-refractivity contribution in [2.24, 2.45) is 0 Å². The van der Waals surface area contributed by atoms with Gasteiger partial charge in [-0.2, -0.15) is 0 Å². The molecule has 8 heteroatoms. The van der Waals surface area contributed by atoms with E-state index < -0.39 is 15.8 Å². The predicted octanol–water partition coefficient (Wildman–Crippen LogP) is 2.50. The van der Waals surface area contributed by atoms with Crippen LogP contribution in [0.5, 0.6) is 0 Å². The molecule has 0 fully saturated rings. The number of sulfone groups is 1. The Balaban J connectivity index is 1.73. The van der Waals surface area contributed by atoms with Crippen molar-refractivity contribution in [3.05, 3.63) is 66.1 Å². The van der Waals surface area contributed by atoms with Crippen molar-refractivity contribution in [1.82, 2.24) is 10.2 Å². The van der Waals surface area contributed by atoms with E-state index in [9.17, 15) is 13.2 Å². The van der Waals surface area contributed by atoms with E-state index in [1.54, 1.807) is 6.07 Å². The van der Waals surface area contributed by atoms with Crippen molar-refractivity contribution in [2.75, 3.05) is 6.26 Å². The molecule has 0 spiro atoms. The summed E-state index contributed by atoms with van der Waals surface area (Å²) in [7, 11) is -3.55. The van der Waals surface area contributed by atoms with Crippen molar-refractivity contribution in [2.45, 2.75) is 11.5 Å². The molecule has 0 atom stereocenters. The fourth-order valence-corrected chi connectivity index (χ4v) is 3.05. The van der Waals surface area contributed by atoms with Crippen LogP contribution in [0.25, 0.3) is 11.5 Å². The van der Waals surface area contributed by atoms with Gasteiger partial charge in [0.25, 0.3) is 5.89 Å². The second-order valence-electron chi connectivity index (χ2n) is 5.21. The first-order valence-corrected chi connectivity index (χ1v) is 9.18. The lowest BCUT2D eigenvalue weighted by Crippen LogP contribution is -2.11. The molecule has 2 aromatic carbocycles. The van der Waals surface area contributed by atoms with E-state index in [0.29, 0.717) is 5.89 Å². The van der Waals surface area contributed by atoms with Crippen LogP contribution in [-0.2, 0) is 21.2 Å². The van der Waals surface area contributed by atoms with Gasteiger partial charge in [0.2, 0.25) is 5.89 Å².